The number of esters is 1. The standard InChI is InChI=1S/C12H9BrClNO4S2/c1-19-12(16)11-10(4-5-20-11)15-21(17,18)7-2-3-9(14)8(13)6-7/h2-6,15H,1H3. The van der Waals surface area contributed by atoms with Gasteiger partial charge in [0.2, 0.25) is 0 Å². The van der Waals surface area contributed by atoms with Crippen LogP contribution in [0.4, 0.5) is 5.69 Å². The number of benzene rings is 1. The van der Waals surface area contributed by atoms with Gasteiger partial charge in [-0.25, -0.2) is 13.2 Å². The summed E-state index contributed by atoms with van der Waals surface area (Å²) in [5, 5.41) is 2.00. The van der Waals surface area contributed by atoms with Gasteiger partial charge in [-0.15, -0.1) is 11.3 Å². The van der Waals surface area contributed by atoms with Crippen molar-refractivity contribution in [2.75, 3.05) is 11.8 Å². The molecule has 0 aliphatic carbocycles. The van der Waals surface area contributed by atoms with Gasteiger partial charge in [0, 0.05) is 4.47 Å². The first kappa shape index (κ1) is 16.3. The van der Waals surface area contributed by atoms with Gasteiger partial charge >= 0.3 is 5.97 Å². The third-order valence-corrected chi connectivity index (χ3v) is 5.95. The summed E-state index contributed by atoms with van der Waals surface area (Å²) in [6, 6.07) is 5.73. The van der Waals surface area contributed by atoms with E-state index in [2.05, 4.69) is 25.4 Å². The smallest absolute Gasteiger partial charge is 0.350 e. The van der Waals surface area contributed by atoms with E-state index in [0.717, 1.165) is 11.3 Å². The first-order valence-corrected chi connectivity index (χ1v) is 9.02. The molecule has 0 radical (unpaired) electrons. The van der Waals surface area contributed by atoms with Crippen molar-refractivity contribution in [1.29, 1.82) is 0 Å². The van der Waals surface area contributed by atoms with Crippen LogP contribution in [0.15, 0.2) is 39.0 Å². The first-order chi connectivity index (χ1) is 9.85. The molecule has 1 aromatic heterocycles. The minimum atomic E-state index is -3.83. The molecule has 1 heterocycles. The van der Waals surface area contributed by atoms with Crippen molar-refractivity contribution < 1.29 is 17.9 Å². The Bertz CT molecular complexity index is 788. The number of ether oxygens (including phenoxy) is 1. The van der Waals surface area contributed by atoms with Gasteiger partial charge < -0.3 is 4.74 Å². The van der Waals surface area contributed by atoms with Gasteiger partial charge in [0.1, 0.15) is 4.88 Å². The molecule has 0 saturated carbocycles. The van der Waals surface area contributed by atoms with Crippen LogP contribution in [0.2, 0.25) is 5.02 Å². The van der Waals surface area contributed by atoms with Crippen LogP contribution < -0.4 is 4.72 Å². The quantitative estimate of drug-likeness (QED) is 0.779. The second kappa shape index (κ2) is 6.35. The summed E-state index contributed by atoms with van der Waals surface area (Å²) < 4.78 is 32.0. The molecule has 0 aliphatic heterocycles. The van der Waals surface area contributed by atoms with Gasteiger partial charge in [-0.3, -0.25) is 4.72 Å². The van der Waals surface area contributed by atoms with E-state index in [0.29, 0.717) is 9.50 Å². The summed E-state index contributed by atoms with van der Waals surface area (Å²) in [4.78, 5) is 11.8. The molecular weight excluding hydrogens is 402 g/mol. The molecule has 0 saturated heterocycles. The number of nitrogens with one attached hydrogen (secondary N) is 1. The van der Waals surface area contributed by atoms with Crippen LogP contribution in [0.1, 0.15) is 9.67 Å². The summed E-state index contributed by atoms with van der Waals surface area (Å²) >= 11 is 10.1. The van der Waals surface area contributed by atoms with Crippen molar-refractivity contribution in [2.24, 2.45) is 0 Å². The molecule has 0 fully saturated rings. The molecule has 0 unspecified atom stereocenters. The predicted octanol–water partition coefficient (Wildman–Crippen LogP) is 3.75. The highest BCUT2D eigenvalue weighted by atomic mass is 79.9. The van der Waals surface area contributed by atoms with Crippen LogP contribution in [0, 0.1) is 0 Å². The Hall–Kier alpha value is -1.09. The fourth-order valence-electron chi connectivity index (χ4n) is 1.49. The van der Waals surface area contributed by atoms with E-state index in [4.69, 9.17) is 11.6 Å². The number of hydrogen-bond acceptors (Lipinski definition) is 5. The highest BCUT2D eigenvalue weighted by Gasteiger charge is 2.20. The number of anilines is 1. The maximum atomic E-state index is 12.3. The lowest BCUT2D eigenvalue weighted by Crippen LogP contribution is -2.14. The van der Waals surface area contributed by atoms with E-state index < -0.39 is 16.0 Å². The molecule has 2 aromatic rings. The monoisotopic (exact) mass is 409 g/mol. The summed E-state index contributed by atoms with van der Waals surface area (Å²) in [5.74, 6) is -0.597. The molecular formula is C12H9BrClNO4S2. The lowest BCUT2D eigenvalue weighted by atomic mass is 10.4. The third kappa shape index (κ3) is 3.57. The predicted molar refractivity (Wildman–Crippen MR) is 85.6 cm³/mol. The number of carbonyl (C=O) groups is 1. The van der Waals surface area contributed by atoms with Crippen LogP contribution in [0.3, 0.4) is 0 Å². The van der Waals surface area contributed by atoms with Crippen LogP contribution in [-0.4, -0.2) is 21.5 Å². The second-order valence-corrected chi connectivity index (χ2v) is 7.70. The summed E-state index contributed by atoms with van der Waals surface area (Å²) in [7, 11) is -2.59. The molecule has 0 atom stereocenters. The van der Waals surface area contributed by atoms with Crippen LogP contribution >= 0.6 is 38.9 Å². The van der Waals surface area contributed by atoms with E-state index in [1.807, 2.05) is 0 Å². The fourth-order valence-corrected chi connectivity index (χ4v) is 4.06. The molecule has 21 heavy (non-hydrogen) atoms. The van der Waals surface area contributed by atoms with Gasteiger partial charge in [-0.1, -0.05) is 11.6 Å². The lowest BCUT2D eigenvalue weighted by Gasteiger charge is -2.09. The first-order valence-electron chi connectivity index (χ1n) is 5.49. The molecule has 0 spiro atoms. The summed E-state index contributed by atoms with van der Waals surface area (Å²) in [6.45, 7) is 0. The van der Waals surface area contributed by atoms with Gasteiger partial charge in [0.15, 0.2) is 0 Å². The Morgan fingerprint density at radius 1 is 1.38 bits per heavy atom. The van der Waals surface area contributed by atoms with Crippen molar-refractivity contribution >= 4 is 60.5 Å². The Kier molecular flexibility index (Phi) is 4.92. The molecule has 0 bridgehead atoms. The normalized spacial score (nSPS) is 11.2. The van der Waals surface area contributed by atoms with E-state index in [9.17, 15) is 13.2 Å². The van der Waals surface area contributed by atoms with Crippen molar-refractivity contribution in [3.8, 4) is 0 Å². The molecule has 112 valence electrons. The van der Waals surface area contributed by atoms with Crippen LogP contribution in [-0.2, 0) is 14.8 Å². The van der Waals surface area contributed by atoms with Gasteiger partial charge in [0.25, 0.3) is 10.0 Å². The van der Waals surface area contributed by atoms with E-state index in [1.54, 1.807) is 5.38 Å². The average molecular weight is 411 g/mol. The number of hydrogen-bond donors (Lipinski definition) is 1. The molecule has 0 aliphatic rings. The maximum Gasteiger partial charge on any atom is 0.350 e. The van der Waals surface area contributed by atoms with Crippen molar-refractivity contribution in [2.45, 2.75) is 4.90 Å². The van der Waals surface area contributed by atoms with Crippen molar-refractivity contribution in [1.82, 2.24) is 0 Å². The van der Waals surface area contributed by atoms with E-state index in [-0.39, 0.29) is 15.5 Å². The molecule has 9 heteroatoms. The highest BCUT2D eigenvalue weighted by molar-refractivity contribution is 9.10. The second-order valence-electron chi connectivity index (χ2n) is 3.84. The molecule has 1 aromatic carbocycles. The lowest BCUT2D eigenvalue weighted by molar-refractivity contribution is 0.0607. The molecule has 1 N–H and O–H groups in total. The zero-order valence-electron chi connectivity index (χ0n) is 10.6. The highest BCUT2D eigenvalue weighted by Crippen LogP contribution is 2.29. The topological polar surface area (TPSA) is 72.5 Å². The van der Waals surface area contributed by atoms with Gasteiger partial charge in [-0.05, 0) is 45.6 Å². The minimum Gasteiger partial charge on any atom is -0.465 e. The molecule has 5 nitrogen and oxygen atoms in total. The van der Waals surface area contributed by atoms with E-state index in [1.165, 1.54) is 31.4 Å². The molecule has 0 amide bonds. The summed E-state index contributed by atoms with van der Waals surface area (Å²) in [6.07, 6.45) is 0. The number of thiophene rings is 1. The van der Waals surface area contributed by atoms with Crippen molar-refractivity contribution in [3.05, 3.63) is 44.0 Å². The average Bonchev–Trinajstić information content (AvgIpc) is 2.88. The Balaban J connectivity index is 2.36. The maximum absolute atomic E-state index is 12.3. The zero-order chi connectivity index (χ0) is 15.6. The largest absolute Gasteiger partial charge is 0.465 e. The van der Waals surface area contributed by atoms with Gasteiger partial charge in [-0.2, -0.15) is 0 Å². The number of halogens is 2. The molecule has 2 rings (SSSR count). The Morgan fingerprint density at radius 3 is 2.71 bits per heavy atom. The van der Waals surface area contributed by atoms with Crippen LogP contribution in [0.5, 0.6) is 0 Å². The number of sulfonamides is 1. The number of methoxy groups -OCH3 is 1. The van der Waals surface area contributed by atoms with E-state index >= 15 is 0 Å². The fraction of sp³-hybridized carbons (Fsp3) is 0.0833. The van der Waals surface area contributed by atoms with Crippen LogP contribution in [0.25, 0.3) is 0 Å². The summed E-state index contributed by atoms with van der Waals surface area (Å²) in [5.41, 5.74) is 0.179. The number of carbonyl (C=O) groups excluding carboxylic acids is 1. The minimum absolute atomic E-state index is 0.0285. The third-order valence-electron chi connectivity index (χ3n) is 2.48. The van der Waals surface area contributed by atoms with Gasteiger partial charge in [0.05, 0.1) is 22.7 Å². The Morgan fingerprint density at radius 2 is 2.10 bits per heavy atom. The SMILES string of the molecule is COC(=O)c1sccc1NS(=O)(=O)c1ccc(Cl)c(Br)c1. The zero-order valence-corrected chi connectivity index (χ0v) is 14.6. The number of rotatable bonds is 4. The Labute approximate surface area is 139 Å². The van der Waals surface area contributed by atoms with Crippen molar-refractivity contribution in [3.63, 3.8) is 0 Å².